The van der Waals surface area contributed by atoms with Crippen LogP contribution in [0.3, 0.4) is 0 Å². The Hall–Kier alpha value is 0.0500. The van der Waals surface area contributed by atoms with Crippen LogP contribution < -0.4 is 5.32 Å². The number of unbranched alkanes of at least 4 members (excludes halogenated alkanes) is 2. The van der Waals surface area contributed by atoms with Crippen LogP contribution in [0.15, 0.2) is 12.2 Å². The maximum atomic E-state index is 3.95. The van der Waals surface area contributed by atoms with Crippen LogP contribution in [0, 0.1) is 0 Å². The topological polar surface area (TPSA) is 12.0 Å². The van der Waals surface area contributed by atoms with E-state index in [0.717, 1.165) is 19.5 Å². The van der Waals surface area contributed by atoms with Gasteiger partial charge in [-0.2, -0.15) is 11.8 Å². The van der Waals surface area contributed by atoms with Gasteiger partial charge >= 0.3 is 0 Å². The van der Waals surface area contributed by atoms with Crippen LogP contribution in [0.2, 0.25) is 0 Å². The Bertz CT molecular complexity index is 123. The van der Waals surface area contributed by atoms with Gasteiger partial charge in [0.05, 0.1) is 0 Å². The lowest BCUT2D eigenvalue weighted by atomic mass is 10.2. The second-order valence-corrected chi connectivity index (χ2v) is 4.32. The Morgan fingerprint density at radius 2 is 2.08 bits per heavy atom. The molecule has 13 heavy (non-hydrogen) atoms. The first-order valence-electron chi connectivity index (χ1n) is 5.17. The summed E-state index contributed by atoms with van der Waals surface area (Å²) >= 11 is 1.94. The molecule has 0 aromatic heterocycles. The van der Waals surface area contributed by atoms with Crippen molar-refractivity contribution < 1.29 is 0 Å². The van der Waals surface area contributed by atoms with Crippen molar-refractivity contribution in [1.82, 2.24) is 5.32 Å². The standard InChI is InChI=1S/C11H23NS/c1-4-11(2)10-12-8-6-5-7-9-13-3/h12H,2,4-10H2,1,3H3. The first-order valence-corrected chi connectivity index (χ1v) is 6.57. The Labute approximate surface area is 87.4 Å². The Morgan fingerprint density at radius 1 is 1.31 bits per heavy atom. The summed E-state index contributed by atoms with van der Waals surface area (Å²) in [7, 11) is 0. The second-order valence-electron chi connectivity index (χ2n) is 3.33. The van der Waals surface area contributed by atoms with Crippen LogP contribution >= 0.6 is 11.8 Å². The Morgan fingerprint density at radius 3 is 2.69 bits per heavy atom. The maximum absolute atomic E-state index is 3.95. The van der Waals surface area contributed by atoms with E-state index >= 15 is 0 Å². The molecule has 78 valence electrons. The molecule has 0 spiro atoms. The Balaban J connectivity index is 2.95. The molecule has 0 aliphatic carbocycles. The van der Waals surface area contributed by atoms with Gasteiger partial charge in [-0.1, -0.05) is 25.5 Å². The summed E-state index contributed by atoms with van der Waals surface area (Å²) in [5.41, 5.74) is 1.31. The highest BCUT2D eigenvalue weighted by molar-refractivity contribution is 7.98. The van der Waals surface area contributed by atoms with Gasteiger partial charge in [0.25, 0.3) is 0 Å². The van der Waals surface area contributed by atoms with Crippen LogP contribution in [-0.4, -0.2) is 25.1 Å². The summed E-state index contributed by atoms with van der Waals surface area (Å²) in [6, 6.07) is 0. The molecule has 0 heterocycles. The minimum Gasteiger partial charge on any atom is -0.313 e. The van der Waals surface area contributed by atoms with Gasteiger partial charge < -0.3 is 5.32 Å². The monoisotopic (exact) mass is 201 g/mol. The van der Waals surface area contributed by atoms with Gasteiger partial charge in [-0.15, -0.1) is 0 Å². The summed E-state index contributed by atoms with van der Waals surface area (Å²) < 4.78 is 0. The zero-order valence-electron chi connectivity index (χ0n) is 9.07. The first kappa shape index (κ1) is 13.1. The molecule has 0 unspecified atom stereocenters. The highest BCUT2D eigenvalue weighted by Gasteiger charge is 1.91. The van der Waals surface area contributed by atoms with E-state index in [4.69, 9.17) is 0 Å². The van der Waals surface area contributed by atoms with E-state index < -0.39 is 0 Å². The lowest BCUT2D eigenvalue weighted by Gasteiger charge is -2.05. The molecule has 0 radical (unpaired) electrons. The molecule has 2 heteroatoms. The number of rotatable bonds is 9. The molecule has 0 amide bonds. The van der Waals surface area contributed by atoms with Crippen molar-refractivity contribution in [3.63, 3.8) is 0 Å². The predicted molar refractivity (Wildman–Crippen MR) is 64.5 cm³/mol. The van der Waals surface area contributed by atoms with Gasteiger partial charge in [0, 0.05) is 6.54 Å². The molecular formula is C11H23NS. The van der Waals surface area contributed by atoms with E-state index in [-0.39, 0.29) is 0 Å². The zero-order chi connectivity index (χ0) is 9.94. The van der Waals surface area contributed by atoms with Gasteiger partial charge in [-0.25, -0.2) is 0 Å². The SMILES string of the molecule is C=C(CC)CNCCCCCSC. The average molecular weight is 201 g/mol. The summed E-state index contributed by atoms with van der Waals surface area (Å²) in [5, 5.41) is 3.41. The van der Waals surface area contributed by atoms with Crippen LogP contribution in [0.4, 0.5) is 0 Å². The third kappa shape index (κ3) is 9.97. The van der Waals surface area contributed by atoms with Crippen molar-refractivity contribution >= 4 is 11.8 Å². The molecule has 0 fully saturated rings. The van der Waals surface area contributed by atoms with Crippen LogP contribution in [0.1, 0.15) is 32.6 Å². The molecule has 0 aliphatic heterocycles. The number of hydrogen-bond donors (Lipinski definition) is 1. The summed E-state index contributed by atoms with van der Waals surface area (Å²) in [6.45, 7) is 8.26. The van der Waals surface area contributed by atoms with Gasteiger partial charge in [-0.3, -0.25) is 0 Å². The van der Waals surface area contributed by atoms with Crippen molar-refractivity contribution in [2.24, 2.45) is 0 Å². The molecule has 0 aliphatic rings. The molecular weight excluding hydrogens is 178 g/mol. The first-order chi connectivity index (χ1) is 6.31. The third-order valence-electron chi connectivity index (χ3n) is 2.08. The molecule has 0 saturated carbocycles. The maximum Gasteiger partial charge on any atom is 0.0161 e. The fraction of sp³-hybridized carbons (Fsp3) is 0.818. The third-order valence-corrected chi connectivity index (χ3v) is 2.77. The number of nitrogens with one attached hydrogen (secondary N) is 1. The number of hydrogen-bond acceptors (Lipinski definition) is 2. The van der Waals surface area contributed by atoms with Crippen molar-refractivity contribution in [1.29, 1.82) is 0 Å². The molecule has 0 bridgehead atoms. The molecule has 0 saturated heterocycles. The van der Waals surface area contributed by atoms with E-state index in [1.54, 1.807) is 0 Å². The van der Waals surface area contributed by atoms with E-state index in [2.05, 4.69) is 25.1 Å². The van der Waals surface area contributed by atoms with Crippen LogP contribution in [0.5, 0.6) is 0 Å². The van der Waals surface area contributed by atoms with Gasteiger partial charge in [0.2, 0.25) is 0 Å². The summed E-state index contributed by atoms with van der Waals surface area (Å²) in [5.74, 6) is 1.31. The molecule has 0 aromatic carbocycles. The molecule has 0 aromatic rings. The van der Waals surface area contributed by atoms with Gasteiger partial charge in [-0.05, 0) is 37.8 Å². The molecule has 1 N–H and O–H groups in total. The van der Waals surface area contributed by atoms with Crippen molar-refractivity contribution in [3.8, 4) is 0 Å². The second kappa shape index (κ2) is 10.1. The fourth-order valence-electron chi connectivity index (χ4n) is 1.06. The molecule has 0 atom stereocenters. The lowest BCUT2D eigenvalue weighted by molar-refractivity contribution is 0.638. The highest BCUT2D eigenvalue weighted by Crippen LogP contribution is 2.01. The number of thioether (sulfide) groups is 1. The minimum atomic E-state index is 0.999. The van der Waals surface area contributed by atoms with Gasteiger partial charge in [0.15, 0.2) is 0 Å². The van der Waals surface area contributed by atoms with E-state index in [1.165, 1.54) is 30.6 Å². The Kier molecular flexibility index (Phi) is 10.2. The quantitative estimate of drug-likeness (QED) is 0.454. The van der Waals surface area contributed by atoms with E-state index in [9.17, 15) is 0 Å². The van der Waals surface area contributed by atoms with Crippen LogP contribution in [-0.2, 0) is 0 Å². The summed E-state index contributed by atoms with van der Waals surface area (Å²) in [4.78, 5) is 0. The molecule has 0 rings (SSSR count). The average Bonchev–Trinajstić information content (AvgIpc) is 2.16. The van der Waals surface area contributed by atoms with E-state index in [0.29, 0.717) is 0 Å². The van der Waals surface area contributed by atoms with Crippen molar-refractivity contribution in [2.45, 2.75) is 32.6 Å². The van der Waals surface area contributed by atoms with E-state index in [1.807, 2.05) is 11.8 Å². The largest absolute Gasteiger partial charge is 0.313 e. The summed E-state index contributed by atoms with van der Waals surface area (Å²) in [6.07, 6.45) is 7.28. The normalized spacial score (nSPS) is 10.3. The highest BCUT2D eigenvalue weighted by atomic mass is 32.2. The van der Waals surface area contributed by atoms with Crippen molar-refractivity contribution in [3.05, 3.63) is 12.2 Å². The zero-order valence-corrected chi connectivity index (χ0v) is 9.88. The minimum absolute atomic E-state index is 0.999. The van der Waals surface area contributed by atoms with Crippen LogP contribution in [0.25, 0.3) is 0 Å². The van der Waals surface area contributed by atoms with Crippen molar-refractivity contribution in [2.75, 3.05) is 25.1 Å². The lowest BCUT2D eigenvalue weighted by Crippen LogP contribution is -2.17. The fourth-order valence-corrected chi connectivity index (χ4v) is 1.56. The van der Waals surface area contributed by atoms with Gasteiger partial charge in [0.1, 0.15) is 0 Å². The molecule has 1 nitrogen and oxygen atoms in total. The predicted octanol–water partition coefficient (Wildman–Crippen LogP) is 3.08. The smallest absolute Gasteiger partial charge is 0.0161 e.